The number of hydrogen-bond donors (Lipinski definition) is 1. The van der Waals surface area contributed by atoms with Gasteiger partial charge in [-0.15, -0.1) is 0 Å². The third-order valence-corrected chi connectivity index (χ3v) is 2.68. The van der Waals surface area contributed by atoms with Crippen LogP contribution in [-0.2, 0) is 19.0 Å². The van der Waals surface area contributed by atoms with Gasteiger partial charge in [0, 0.05) is 27.1 Å². The molecule has 1 aliphatic rings. The molecule has 0 bridgehead atoms. The number of hydrogen-bond acceptors (Lipinski definition) is 4. The van der Waals surface area contributed by atoms with E-state index in [9.17, 15) is 4.79 Å². The topological polar surface area (TPSA) is 56.8 Å². The van der Waals surface area contributed by atoms with Gasteiger partial charge in [0.15, 0.2) is 6.29 Å². The van der Waals surface area contributed by atoms with Gasteiger partial charge in [-0.2, -0.15) is 0 Å². The highest BCUT2D eigenvalue weighted by Crippen LogP contribution is 2.23. The van der Waals surface area contributed by atoms with E-state index >= 15 is 0 Å². The van der Waals surface area contributed by atoms with Crippen LogP contribution in [0.3, 0.4) is 0 Å². The summed E-state index contributed by atoms with van der Waals surface area (Å²) in [5, 5.41) is 2.89. The molecule has 0 saturated carbocycles. The standard InChI is InChI=1S/C11H21NO4/c1-5-15-11-7(2)16-10(14-4)6-9(11)12-8(3)13/h7,9-11H,5-6H2,1-4H3,(H,12,13)/t7-,9+,10+,11+/m1/s1. The van der Waals surface area contributed by atoms with E-state index in [-0.39, 0.29) is 30.4 Å². The maximum atomic E-state index is 11.1. The van der Waals surface area contributed by atoms with E-state index < -0.39 is 0 Å². The van der Waals surface area contributed by atoms with Crippen molar-refractivity contribution in [1.82, 2.24) is 5.32 Å². The lowest BCUT2D eigenvalue weighted by molar-refractivity contribution is -0.223. The molecular weight excluding hydrogens is 210 g/mol. The summed E-state index contributed by atoms with van der Waals surface area (Å²) < 4.78 is 16.4. The van der Waals surface area contributed by atoms with Gasteiger partial charge in [0.1, 0.15) is 6.10 Å². The molecule has 0 aromatic carbocycles. The zero-order chi connectivity index (χ0) is 12.1. The zero-order valence-corrected chi connectivity index (χ0v) is 10.4. The smallest absolute Gasteiger partial charge is 0.217 e. The Kier molecular flexibility index (Phi) is 5.18. The summed E-state index contributed by atoms with van der Waals surface area (Å²) in [6.07, 6.45) is 0.143. The largest absolute Gasteiger partial charge is 0.374 e. The van der Waals surface area contributed by atoms with Gasteiger partial charge in [0.05, 0.1) is 12.1 Å². The average Bonchev–Trinajstić information content (AvgIpc) is 2.22. The minimum Gasteiger partial charge on any atom is -0.374 e. The van der Waals surface area contributed by atoms with Crippen LogP contribution in [0.25, 0.3) is 0 Å². The summed E-state index contributed by atoms with van der Waals surface area (Å²) in [5.74, 6) is -0.0568. The third-order valence-electron chi connectivity index (χ3n) is 2.68. The van der Waals surface area contributed by atoms with Crippen LogP contribution in [0.5, 0.6) is 0 Å². The molecule has 0 radical (unpaired) electrons. The lowest BCUT2D eigenvalue weighted by Crippen LogP contribution is -2.55. The summed E-state index contributed by atoms with van der Waals surface area (Å²) in [4.78, 5) is 11.1. The normalized spacial score (nSPS) is 34.8. The number of rotatable bonds is 4. The van der Waals surface area contributed by atoms with E-state index in [0.717, 1.165) is 0 Å². The summed E-state index contributed by atoms with van der Waals surface area (Å²) in [6.45, 7) is 5.97. The van der Waals surface area contributed by atoms with Crippen LogP contribution < -0.4 is 5.32 Å². The predicted molar refractivity (Wildman–Crippen MR) is 59.0 cm³/mol. The van der Waals surface area contributed by atoms with Crippen LogP contribution in [0.15, 0.2) is 0 Å². The highest BCUT2D eigenvalue weighted by atomic mass is 16.7. The first-order chi connectivity index (χ1) is 7.58. The Morgan fingerprint density at radius 3 is 2.75 bits per heavy atom. The molecule has 5 nitrogen and oxygen atoms in total. The van der Waals surface area contributed by atoms with E-state index in [0.29, 0.717) is 13.0 Å². The molecule has 0 aromatic rings. The van der Waals surface area contributed by atoms with Gasteiger partial charge >= 0.3 is 0 Å². The molecule has 1 saturated heterocycles. The van der Waals surface area contributed by atoms with Crippen LogP contribution in [0.1, 0.15) is 27.2 Å². The van der Waals surface area contributed by atoms with E-state index in [4.69, 9.17) is 14.2 Å². The second-order valence-corrected chi connectivity index (χ2v) is 3.97. The van der Waals surface area contributed by atoms with Crippen molar-refractivity contribution in [2.75, 3.05) is 13.7 Å². The predicted octanol–water partition coefficient (Wildman–Crippen LogP) is 0.677. The van der Waals surface area contributed by atoms with Crippen molar-refractivity contribution in [3.63, 3.8) is 0 Å². The lowest BCUT2D eigenvalue weighted by atomic mass is 9.99. The number of methoxy groups -OCH3 is 1. The molecule has 1 fully saturated rings. The highest BCUT2D eigenvalue weighted by Gasteiger charge is 2.37. The first-order valence-corrected chi connectivity index (χ1v) is 5.65. The molecule has 1 heterocycles. The maximum Gasteiger partial charge on any atom is 0.217 e. The first-order valence-electron chi connectivity index (χ1n) is 5.65. The van der Waals surface area contributed by atoms with Gasteiger partial charge in [0.25, 0.3) is 0 Å². The molecule has 94 valence electrons. The first kappa shape index (κ1) is 13.4. The van der Waals surface area contributed by atoms with Crippen LogP contribution in [0, 0.1) is 0 Å². The maximum absolute atomic E-state index is 11.1. The van der Waals surface area contributed by atoms with E-state index in [1.165, 1.54) is 6.92 Å². The van der Waals surface area contributed by atoms with Crippen molar-refractivity contribution in [3.05, 3.63) is 0 Å². The van der Waals surface area contributed by atoms with Gasteiger partial charge in [0.2, 0.25) is 5.91 Å². The molecule has 1 aliphatic heterocycles. The van der Waals surface area contributed by atoms with Crippen molar-refractivity contribution in [2.24, 2.45) is 0 Å². The van der Waals surface area contributed by atoms with Crippen LogP contribution in [-0.4, -0.2) is 44.2 Å². The molecule has 0 aliphatic carbocycles. The highest BCUT2D eigenvalue weighted by molar-refractivity contribution is 5.73. The molecule has 16 heavy (non-hydrogen) atoms. The van der Waals surface area contributed by atoms with Crippen LogP contribution >= 0.6 is 0 Å². The molecule has 1 rings (SSSR count). The summed E-state index contributed by atoms with van der Waals surface area (Å²) in [5.41, 5.74) is 0. The summed E-state index contributed by atoms with van der Waals surface area (Å²) >= 11 is 0. The number of carbonyl (C=O) groups is 1. The average molecular weight is 231 g/mol. The summed E-state index contributed by atoms with van der Waals surface area (Å²) in [7, 11) is 1.60. The molecular formula is C11H21NO4. The van der Waals surface area contributed by atoms with Gasteiger partial charge in [-0.1, -0.05) is 0 Å². The molecule has 1 amide bonds. The van der Waals surface area contributed by atoms with Gasteiger partial charge in [-0.05, 0) is 13.8 Å². The molecule has 4 atom stereocenters. The Morgan fingerprint density at radius 2 is 2.25 bits per heavy atom. The quantitative estimate of drug-likeness (QED) is 0.773. The Labute approximate surface area is 96.4 Å². The Hall–Kier alpha value is -0.650. The van der Waals surface area contributed by atoms with Crippen LogP contribution in [0.2, 0.25) is 0 Å². The second kappa shape index (κ2) is 6.18. The zero-order valence-electron chi connectivity index (χ0n) is 10.4. The fourth-order valence-electron chi connectivity index (χ4n) is 2.04. The Balaban J connectivity index is 2.66. The number of amides is 1. The number of nitrogens with one attached hydrogen (secondary N) is 1. The van der Waals surface area contributed by atoms with Gasteiger partial charge < -0.3 is 19.5 Å². The number of ether oxygens (including phenoxy) is 3. The van der Waals surface area contributed by atoms with Crippen molar-refractivity contribution in [2.45, 2.75) is 51.7 Å². The molecule has 5 heteroatoms. The van der Waals surface area contributed by atoms with E-state index in [1.807, 2.05) is 13.8 Å². The second-order valence-electron chi connectivity index (χ2n) is 3.97. The molecule has 1 N–H and O–H groups in total. The minimum absolute atomic E-state index is 0.0499. The molecule has 0 unspecified atom stereocenters. The van der Waals surface area contributed by atoms with Gasteiger partial charge in [-0.25, -0.2) is 0 Å². The van der Waals surface area contributed by atoms with E-state index in [2.05, 4.69) is 5.32 Å². The summed E-state index contributed by atoms with van der Waals surface area (Å²) in [6, 6.07) is -0.0499. The van der Waals surface area contributed by atoms with Crippen molar-refractivity contribution in [3.8, 4) is 0 Å². The van der Waals surface area contributed by atoms with Crippen molar-refractivity contribution < 1.29 is 19.0 Å². The fourth-order valence-corrected chi connectivity index (χ4v) is 2.04. The van der Waals surface area contributed by atoms with Crippen molar-refractivity contribution >= 4 is 5.91 Å². The molecule has 0 spiro atoms. The lowest BCUT2D eigenvalue weighted by Gasteiger charge is -2.39. The van der Waals surface area contributed by atoms with Crippen LogP contribution in [0.4, 0.5) is 0 Å². The monoisotopic (exact) mass is 231 g/mol. The Morgan fingerprint density at radius 1 is 1.56 bits per heavy atom. The van der Waals surface area contributed by atoms with E-state index in [1.54, 1.807) is 7.11 Å². The third kappa shape index (κ3) is 3.43. The SMILES string of the molecule is CCO[C@@H]1[C@@H](NC(C)=O)C[C@@H](OC)O[C@@H]1C. The number of carbonyl (C=O) groups excluding carboxylic acids is 1. The van der Waals surface area contributed by atoms with Crippen molar-refractivity contribution in [1.29, 1.82) is 0 Å². The van der Waals surface area contributed by atoms with Gasteiger partial charge in [-0.3, -0.25) is 4.79 Å². The Bertz CT molecular complexity index is 234. The fraction of sp³-hybridized carbons (Fsp3) is 0.909. The molecule has 0 aromatic heterocycles. The minimum atomic E-state index is -0.274.